The molecule has 0 spiro atoms. The highest BCUT2D eigenvalue weighted by molar-refractivity contribution is 6.03. The van der Waals surface area contributed by atoms with Gasteiger partial charge in [-0.1, -0.05) is 12.1 Å². The fraction of sp³-hybridized carbons (Fsp3) is 0.150. The zero-order valence-corrected chi connectivity index (χ0v) is 14.3. The molecule has 0 atom stereocenters. The van der Waals surface area contributed by atoms with Crippen LogP contribution in [0.15, 0.2) is 60.9 Å². The van der Waals surface area contributed by atoms with Gasteiger partial charge in [-0.05, 0) is 61.4 Å². The van der Waals surface area contributed by atoms with E-state index in [1.54, 1.807) is 18.5 Å². The molecule has 5 heteroatoms. The first kappa shape index (κ1) is 16.6. The zero-order chi connectivity index (χ0) is 17.6. The van der Waals surface area contributed by atoms with Gasteiger partial charge in [0.15, 0.2) is 0 Å². The lowest BCUT2D eigenvalue weighted by molar-refractivity contribution is 0.102. The number of rotatable bonds is 5. The molecular weight excluding hydrogens is 312 g/mol. The Hall–Kier alpha value is -3.21. The smallest absolute Gasteiger partial charge is 0.274 e. The van der Waals surface area contributed by atoms with Crippen LogP contribution in [0, 0.1) is 13.8 Å². The monoisotopic (exact) mass is 332 g/mol. The average Bonchev–Trinajstić information content (AvgIpc) is 2.64. The van der Waals surface area contributed by atoms with E-state index < -0.39 is 0 Å². The van der Waals surface area contributed by atoms with Crippen LogP contribution in [-0.4, -0.2) is 15.9 Å². The molecule has 1 amide bonds. The Bertz CT molecular complexity index is 878. The maximum Gasteiger partial charge on any atom is 0.274 e. The molecule has 2 heterocycles. The van der Waals surface area contributed by atoms with Gasteiger partial charge < -0.3 is 10.6 Å². The Balaban J connectivity index is 1.67. The van der Waals surface area contributed by atoms with Gasteiger partial charge >= 0.3 is 0 Å². The second kappa shape index (κ2) is 7.57. The lowest BCUT2D eigenvalue weighted by atomic mass is 10.1. The number of anilines is 2. The van der Waals surface area contributed by atoms with Gasteiger partial charge in [0.25, 0.3) is 5.91 Å². The first-order chi connectivity index (χ1) is 12.1. The van der Waals surface area contributed by atoms with E-state index in [0.29, 0.717) is 12.2 Å². The number of nitrogens with one attached hydrogen (secondary N) is 2. The highest BCUT2D eigenvalue weighted by atomic mass is 16.1. The Kier molecular flexibility index (Phi) is 5.04. The Morgan fingerprint density at radius 3 is 2.56 bits per heavy atom. The van der Waals surface area contributed by atoms with Crippen LogP contribution < -0.4 is 10.6 Å². The summed E-state index contributed by atoms with van der Waals surface area (Å²) in [7, 11) is 0. The summed E-state index contributed by atoms with van der Waals surface area (Å²) in [5.41, 5.74) is 5.21. The third kappa shape index (κ3) is 4.41. The standard InChI is InChI=1S/C20H20N4O/c1-14-6-7-17(11-15(14)2)24-20(25)19-12-16(8-10-22-19)23-13-18-5-3-4-9-21-18/h3-12H,13H2,1-2H3,(H,22,23)(H,24,25). The maximum absolute atomic E-state index is 12.4. The van der Waals surface area contributed by atoms with E-state index >= 15 is 0 Å². The molecule has 0 bridgehead atoms. The minimum atomic E-state index is -0.232. The van der Waals surface area contributed by atoms with E-state index in [4.69, 9.17) is 0 Å². The van der Waals surface area contributed by atoms with Crippen LogP contribution >= 0.6 is 0 Å². The molecular formula is C20H20N4O. The molecule has 25 heavy (non-hydrogen) atoms. The average molecular weight is 332 g/mol. The molecule has 5 nitrogen and oxygen atoms in total. The highest BCUT2D eigenvalue weighted by Gasteiger charge is 2.09. The summed E-state index contributed by atoms with van der Waals surface area (Å²) in [5.74, 6) is -0.232. The highest BCUT2D eigenvalue weighted by Crippen LogP contribution is 2.16. The van der Waals surface area contributed by atoms with E-state index in [-0.39, 0.29) is 5.91 Å². The van der Waals surface area contributed by atoms with Crippen LogP contribution in [0.5, 0.6) is 0 Å². The molecule has 0 saturated carbocycles. The van der Waals surface area contributed by atoms with Crippen molar-refractivity contribution in [3.8, 4) is 0 Å². The molecule has 0 aliphatic carbocycles. The van der Waals surface area contributed by atoms with Crippen LogP contribution in [-0.2, 0) is 6.54 Å². The van der Waals surface area contributed by atoms with Gasteiger partial charge in [0.1, 0.15) is 5.69 Å². The molecule has 2 aromatic heterocycles. The van der Waals surface area contributed by atoms with E-state index in [2.05, 4.69) is 20.6 Å². The molecule has 0 aliphatic rings. The van der Waals surface area contributed by atoms with Crippen molar-refractivity contribution in [2.24, 2.45) is 0 Å². The lowest BCUT2D eigenvalue weighted by Crippen LogP contribution is -2.14. The van der Waals surface area contributed by atoms with Crippen molar-refractivity contribution in [2.75, 3.05) is 10.6 Å². The number of aromatic nitrogens is 2. The van der Waals surface area contributed by atoms with Crippen LogP contribution in [0.2, 0.25) is 0 Å². The Labute approximate surface area is 147 Å². The Morgan fingerprint density at radius 2 is 1.80 bits per heavy atom. The summed E-state index contributed by atoms with van der Waals surface area (Å²) in [6.45, 7) is 4.65. The molecule has 0 saturated heterocycles. The molecule has 3 rings (SSSR count). The van der Waals surface area contributed by atoms with Crippen molar-refractivity contribution >= 4 is 17.3 Å². The van der Waals surface area contributed by atoms with Crippen molar-refractivity contribution < 1.29 is 4.79 Å². The van der Waals surface area contributed by atoms with Crippen molar-refractivity contribution in [3.63, 3.8) is 0 Å². The number of carbonyl (C=O) groups excluding carboxylic acids is 1. The number of nitrogens with zero attached hydrogens (tertiary/aromatic N) is 2. The summed E-state index contributed by atoms with van der Waals surface area (Å²) in [5, 5.41) is 6.14. The third-order valence-electron chi connectivity index (χ3n) is 3.96. The second-order valence-corrected chi connectivity index (χ2v) is 5.86. The Morgan fingerprint density at radius 1 is 0.920 bits per heavy atom. The van der Waals surface area contributed by atoms with Crippen LogP contribution in [0.1, 0.15) is 27.3 Å². The number of hydrogen-bond acceptors (Lipinski definition) is 4. The third-order valence-corrected chi connectivity index (χ3v) is 3.96. The van der Waals surface area contributed by atoms with Gasteiger partial charge in [0.2, 0.25) is 0 Å². The van der Waals surface area contributed by atoms with Crippen LogP contribution in [0.25, 0.3) is 0 Å². The minimum Gasteiger partial charge on any atom is -0.379 e. The molecule has 3 aromatic rings. The fourth-order valence-electron chi connectivity index (χ4n) is 2.37. The van der Waals surface area contributed by atoms with Crippen molar-refractivity contribution in [1.82, 2.24) is 9.97 Å². The summed E-state index contributed by atoms with van der Waals surface area (Å²) < 4.78 is 0. The van der Waals surface area contributed by atoms with Gasteiger partial charge in [0, 0.05) is 23.8 Å². The molecule has 126 valence electrons. The maximum atomic E-state index is 12.4. The van der Waals surface area contributed by atoms with Crippen LogP contribution in [0.4, 0.5) is 11.4 Å². The molecule has 0 radical (unpaired) electrons. The quantitative estimate of drug-likeness (QED) is 0.742. The molecule has 0 fully saturated rings. The number of benzene rings is 1. The summed E-state index contributed by atoms with van der Waals surface area (Å²) >= 11 is 0. The number of hydrogen-bond donors (Lipinski definition) is 2. The number of carbonyl (C=O) groups is 1. The van der Waals surface area contributed by atoms with Gasteiger partial charge in [-0.2, -0.15) is 0 Å². The lowest BCUT2D eigenvalue weighted by Gasteiger charge is -2.09. The molecule has 0 unspecified atom stereocenters. The largest absolute Gasteiger partial charge is 0.379 e. The minimum absolute atomic E-state index is 0.232. The summed E-state index contributed by atoms with van der Waals surface area (Å²) in [6.07, 6.45) is 3.38. The van der Waals surface area contributed by atoms with E-state index in [0.717, 1.165) is 22.6 Å². The normalized spacial score (nSPS) is 10.3. The van der Waals surface area contributed by atoms with Crippen molar-refractivity contribution in [2.45, 2.75) is 20.4 Å². The predicted octanol–water partition coefficient (Wildman–Crippen LogP) is 3.96. The van der Waals surface area contributed by atoms with Crippen molar-refractivity contribution in [3.05, 3.63) is 83.4 Å². The molecule has 1 aromatic carbocycles. The molecule has 2 N–H and O–H groups in total. The van der Waals surface area contributed by atoms with Crippen molar-refractivity contribution in [1.29, 1.82) is 0 Å². The predicted molar refractivity (Wildman–Crippen MR) is 99.7 cm³/mol. The van der Waals surface area contributed by atoms with Gasteiger partial charge in [-0.25, -0.2) is 0 Å². The number of pyridine rings is 2. The summed E-state index contributed by atoms with van der Waals surface area (Å²) in [4.78, 5) is 20.9. The number of aryl methyl sites for hydroxylation is 2. The van der Waals surface area contributed by atoms with Gasteiger partial charge in [0.05, 0.1) is 12.2 Å². The molecule has 0 aliphatic heterocycles. The van der Waals surface area contributed by atoms with Crippen LogP contribution in [0.3, 0.4) is 0 Å². The number of amides is 1. The zero-order valence-electron chi connectivity index (χ0n) is 14.3. The second-order valence-electron chi connectivity index (χ2n) is 5.86. The fourth-order valence-corrected chi connectivity index (χ4v) is 2.37. The van der Waals surface area contributed by atoms with E-state index in [1.807, 2.05) is 56.3 Å². The van der Waals surface area contributed by atoms with Gasteiger partial charge in [-0.15, -0.1) is 0 Å². The SMILES string of the molecule is Cc1ccc(NC(=O)c2cc(NCc3ccccn3)ccn2)cc1C. The first-order valence-corrected chi connectivity index (χ1v) is 8.10. The first-order valence-electron chi connectivity index (χ1n) is 8.10. The van der Waals surface area contributed by atoms with Gasteiger partial charge in [-0.3, -0.25) is 14.8 Å². The van der Waals surface area contributed by atoms with E-state index in [9.17, 15) is 4.79 Å². The van der Waals surface area contributed by atoms with E-state index in [1.165, 1.54) is 5.56 Å². The summed E-state index contributed by atoms with van der Waals surface area (Å²) in [6, 6.07) is 15.2. The topological polar surface area (TPSA) is 66.9 Å².